The van der Waals surface area contributed by atoms with Crippen molar-refractivity contribution >= 4 is 11.4 Å². The van der Waals surface area contributed by atoms with E-state index in [2.05, 4.69) is 31.1 Å². The van der Waals surface area contributed by atoms with Gasteiger partial charge in [-0.05, 0) is 58.5 Å². The highest BCUT2D eigenvalue weighted by Crippen LogP contribution is 2.22. The van der Waals surface area contributed by atoms with Gasteiger partial charge in [0.15, 0.2) is 0 Å². The van der Waals surface area contributed by atoms with Crippen molar-refractivity contribution in [1.82, 2.24) is 4.90 Å². The summed E-state index contributed by atoms with van der Waals surface area (Å²) in [6.07, 6.45) is 1.03. The maximum atomic E-state index is 13.2. The highest BCUT2D eigenvalue weighted by Gasteiger charge is 2.05. The number of nitrogens with zero attached hydrogens (tertiary/aromatic N) is 1. The molecule has 0 bridgehead atoms. The summed E-state index contributed by atoms with van der Waals surface area (Å²) in [5, 5.41) is 3.26. The third kappa shape index (κ3) is 4.18. The predicted octanol–water partition coefficient (Wildman–Crippen LogP) is 2.86. The van der Waals surface area contributed by atoms with Gasteiger partial charge in [0.05, 0.1) is 11.4 Å². The second-order valence-corrected chi connectivity index (χ2v) is 5.04. The lowest BCUT2D eigenvalue weighted by Crippen LogP contribution is -2.28. The van der Waals surface area contributed by atoms with Crippen LogP contribution in [0, 0.1) is 12.7 Å². The average Bonchev–Trinajstić information content (AvgIpc) is 2.30. The Labute approximate surface area is 109 Å². The van der Waals surface area contributed by atoms with Crippen molar-refractivity contribution in [2.75, 3.05) is 31.2 Å². The summed E-state index contributed by atoms with van der Waals surface area (Å²) >= 11 is 0. The van der Waals surface area contributed by atoms with Crippen molar-refractivity contribution in [3.05, 3.63) is 23.5 Å². The monoisotopic (exact) mass is 253 g/mol. The van der Waals surface area contributed by atoms with E-state index in [1.165, 1.54) is 6.07 Å². The largest absolute Gasteiger partial charge is 0.397 e. The van der Waals surface area contributed by atoms with Crippen LogP contribution in [0.2, 0.25) is 0 Å². The van der Waals surface area contributed by atoms with Crippen LogP contribution in [0.5, 0.6) is 0 Å². The summed E-state index contributed by atoms with van der Waals surface area (Å²) in [6.45, 7) is 7.97. The SMILES string of the molecule is Cc1cc(NCCCN(C)C(C)C)c(N)cc1F. The molecule has 0 aliphatic carbocycles. The Morgan fingerprint density at radius 2 is 2.06 bits per heavy atom. The molecule has 0 radical (unpaired) electrons. The van der Waals surface area contributed by atoms with Crippen LogP contribution in [0.1, 0.15) is 25.8 Å². The molecule has 0 saturated carbocycles. The molecule has 0 saturated heterocycles. The first-order valence-electron chi connectivity index (χ1n) is 6.41. The fraction of sp³-hybridized carbons (Fsp3) is 0.571. The fourth-order valence-corrected chi connectivity index (χ4v) is 1.66. The number of anilines is 2. The summed E-state index contributed by atoms with van der Waals surface area (Å²) in [6, 6.07) is 3.69. The van der Waals surface area contributed by atoms with Gasteiger partial charge >= 0.3 is 0 Å². The number of benzene rings is 1. The van der Waals surface area contributed by atoms with Crippen LogP contribution in [0.25, 0.3) is 0 Å². The number of hydrogen-bond acceptors (Lipinski definition) is 3. The van der Waals surface area contributed by atoms with Gasteiger partial charge in [-0.2, -0.15) is 0 Å². The molecule has 0 unspecified atom stereocenters. The van der Waals surface area contributed by atoms with Crippen LogP contribution < -0.4 is 11.1 Å². The minimum absolute atomic E-state index is 0.252. The highest BCUT2D eigenvalue weighted by molar-refractivity contribution is 5.67. The highest BCUT2D eigenvalue weighted by atomic mass is 19.1. The van der Waals surface area contributed by atoms with Gasteiger partial charge in [0.2, 0.25) is 0 Å². The van der Waals surface area contributed by atoms with Gasteiger partial charge in [-0.25, -0.2) is 4.39 Å². The Morgan fingerprint density at radius 1 is 1.39 bits per heavy atom. The Balaban J connectivity index is 2.42. The van der Waals surface area contributed by atoms with Crippen molar-refractivity contribution in [2.45, 2.75) is 33.2 Å². The Kier molecular flexibility index (Phi) is 5.41. The molecule has 0 fully saturated rings. The van der Waals surface area contributed by atoms with E-state index >= 15 is 0 Å². The van der Waals surface area contributed by atoms with Crippen LogP contribution >= 0.6 is 0 Å². The normalized spacial score (nSPS) is 11.3. The summed E-state index contributed by atoms with van der Waals surface area (Å²) in [7, 11) is 2.11. The molecular formula is C14H24FN3. The Morgan fingerprint density at radius 3 is 2.67 bits per heavy atom. The van der Waals surface area contributed by atoms with Gasteiger partial charge in [0, 0.05) is 12.6 Å². The zero-order valence-corrected chi connectivity index (χ0v) is 11.8. The molecule has 18 heavy (non-hydrogen) atoms. The third-order valence-corrected chi connectivity index (χ3v) is 3.22. The first-order valence-corrected chi connectivity index (χ1v) is 6.41. The lowest BCUT2D eigenvalue weighted by Gasteiger charge is -2.21. The van der Waals surface area contributed by atoms with Gasteiger partial charge in [-0.15, -0.1) is 0 Å². The van der Waals surface area contributed by atoms with Gasteiger partial charge in [0.25, 0.3) is 0 Å². The number of nitrogens with two attached hydrogens (primary N) is 1. The summed E-state index contributed by atoms with van der Waals surface area (Å²) in [5.41, 5.74) is 7.67. The first kappa shape index (κ1) is 14.8. The lowest BCUT2D eigenvalue weighted by molar-refractivity contribution is 0.273. The van der Waals surface area contributed by atoms with E-state index in [1.807, 2.05) is 0 Å². The van der Waals surface area contributed by atoms with Gasteiger partial charge < -0.3 is 16.0 Å². The number of nitrogens with one attached hydrogen (secondary N) is 1. The minimum atomic E-state index is -0.252. The van der Waals surface area contributed by atoms with Crippen molar-refractivity contribution in [3.8, 4) is 0 Å². The number of halogens is 1. The summed E-state index contributed by atoms with van der Waals surface area (Å²) < 4.78 is 13.2. The molecule has 1 aromatic rings. The standard InChI is InChI=1S/C14H24FN3/c1-10(2)18(4)7-5-6-17-14-8-11(3)12(15)9-13(14)16/h8-10,17H,5-7,16H2,1-4H3. The zero-order chi connectivity index (χ0) is 13.7. The van der Waals surface area contributed by atoms with Crippen LogP contribution in [-0.4, -0.2) is 31.1 Å². The first-order chi connectivity index (χ1) is 8.41. The van der Waals surface area contributed by atoms with Gasteiger partial charge in [-0.3, -0.25) is 0 Å². The molecule has 0 atom stereocenters. The van der Waals surface area contributed by atoms with E-state index in [-0.39, 0.29) is 5.82 Å². The molecule has 3 nitrogen and oxygen atoms in total. The van der Waals surface area contributed by atoms with Crippen molar-refractivity contribution in [3.63, 3.8) is 0 Å². The molecular weight excluding hydrogens is 229 g/mol. The maximum absolute atomic E-state index is 13.2. The lowest BCUT2D eigenvalue weighted by atomic mass is 10.2. The number of rotatable bonds is 6. The molecule has 0 aromatic heterocycles. The topological polar surface area (TPSA) is 41.3 Å². The number of nitrogen functional groups attached to an aromatic ring is 1. The Bertz CT molecular complexity index is 391. The van der Waals surface area contributed by atoms with Gasteiger partial charge in [-0.1, -0.05) is 0 Å². The van der Waals surface area contributed by atoms with Crippen molar-refractivity contribution < 1.29 is 4.39 Å². The average molecular weight is 253 g/mol. The minimum Gasteiger partial charge on any atom is -0.397 e. The predicted molar refractivity (Wildman–Crippen MR) is 76.4 cm³/mol. The van der Waals surface area contributed by atoms with Crippen molar-refractivity contribution in [2.24, 2.45) is 0 Å². The summed E-state index contributed by atoms with van der Waals surface area (Å²) in [4.78, 5) is 2.29. The van der Waals surface area contributed by atoms with Crippen molar-refractivity contribution in [1.29, 1.82) is 0 Å². The smallest absolute Gasteiger partial charge is 0.128 e. The molecule has 1 aromatic carbocycles. The quantitative estimate of drug-likeness (QED) is 0.605. The maximum Gasteiger partial charge on any atom is 0.128 e. The van der Waals surface area contributed by atoms with E-state index in [4.69, 9.17) is 5.73 Å². The van der Waals surface area contributed by atoms with E-state index in [1.54, 1.807) is 13.0 Å². The second kappa shape index (κ2) is 6.59. The summed E-state index contributed by atoms with van der Waals surface area (Å²) in [5.74, 6) is -0.252. The zero-order valence-electron chi connectivity index (χ0n) is 11.8. The van der Waals surface area contributed by atoms with Gasteiger partial charge in [0.1, 0.15) is 5.82 Å². The molecule has 0 spiro atoms. The number of aryl methyl sites for hydroxylation is 1. The molecule has 0 aliphatic heterocycles. The molecule has 0 aliphatic rings. The molecule has 102 valence electrons. The fourth-order valence-electron chi connectivity index (χ4n) is 1.66. The van der Waals surface area contributed by atoms with E-state index in [0.717, 1.165) is 25.2 Å². The molecule has 3 N–H and O–H groups in total. The van der Waals surface area contributed by atoms with E-state index < -0.39 is 0 Å². The van der Waals surface area contributed by atoms with Crippen LogP contribution in [0.4, 0.5) is 15.8 Å². The van der Waals surface area contributed by atoms with E-state index in [0.29, 0.717) is 17.3 Å². The van der Waals surface area contributed by atoms with E-state index in [9.17, 15) is 4.39 Å². The molecule has 0 heterocycles. The molecule has 0 amide bonds. The van der Waals surface area contributed by atoms with Crippen LogP contribution in [0.3, 0.4) is 0 Å². The molecule has 4 heteroatoms. The number of hydrogen-bond donors (Lipinski definition) is 2. The Hall–Kier alpha value is -1.29. The van der Waals surface area contributed by atoms with Crippen LogP contribution in [-0.2, 0) is 0 Å². The molecule has 1 rings (SSSR count). The van der Waals surface area contributed by atoms with Crippen LogP contribution in [0.15, 0.2) is 12.1 Å². The third-order valence-electron chi connectivity index (χ3n) is 3.22. The second-order valence-electron chi connectivity index (χ2n) is 5.04.